The summed E-state index contributed by atoms with van der Waals surface area (Å²) in [5.41, 5.74) is 0. The van der Waals surface area contributed by atoms with Crippen molar-refractivity contribution >= 4 is 23.2 Å². The van der Waals surface area contributed by atoms with Gasteiger partial charge in [-0.15, -0.1) is 11.3 Å². The fourth-order valence-electron chi connectivity index (χ4n) is 2.92. The molecule has 1 saturated heterocycles. The van der Waals surface area contributed by atoms with Gasteiger partial charge in [0.15, 0.2) is 0 Å². The van der Waals surface area contributed by atoms with E-state index in [0.717, 1.165) is 17.7 Å². The first-order valence-electron chi connectivity index (χ1n) is 8.26. The third kappa shape index (κ3) is 5.32. The van der Waals surface area contributed by atoms with Gasteiger partial charge in [-0.1, -0.05) is 19.9 Å². The van der Waals surface area contributed by atoms with E-state index in [-0.39, 0.29) is 24.3 Å². The van der Waals surface area contributed by atoms with Crippen molar-refractivity contribution in [3.63, 3.8) is 0 Å². The molecule has 0 bridgehead atoms. The number of amides is 2. The number of carbonyl (C=O) groups is 2. The SMILES string of the molecule is CC(C)CC(O)CNC(=O)C1CCCN(C(=O)c2cccs2)C1. The average molecular weight is 338 g/mol. The quantitative estimate of drug-likeness (QED) is 0.835. The lowest BCUT2D eigenvalue weighted by Crippen LogP contribution is -2.46. The monoisotopic (exact) mass is 338 g/mol. The number of aliphatic hydroxyl groups is 1. The zero-order valence-corrected chi connectivity index (χ0v) is 14.6. The summed E-state index contributed by atoms with van der Waals surface area (Å²) in [5, 5.41) is 14.6. The van der Waals surface area contributed by atoms with Crippen LogP contribution in [0.1, 0.15) is 42.8 Å². The molecular formula is C17H26N2O3S. The summed E-state index contributed by atoms with van der Waals surface area (Å²) in [4.78, 5) is 27.2. The van der Waals surface area contributed by atoms with Crippen molar-refractivity contribution in [2.45, 2.75) is 39.2 Å². The summed E-state index contributed by atoms with van der Waals surface area (Å²) < 4.78 is 0. The van der Waals surface area contributed by atoms with Crippen LogP contribution in [0.2, 0.25) is 0 Å². The fraction of sp³-hybridized carbons (Fsp3) is 0.647. The maximum absolute atomic E-state index is 12.4. The van der Waals surface area contributed by atoms with E-state index in [1.54, 1.807) is 4.90 Å². The molecule has 1 aliphatic rings. The molecule has 1 fully saturated rings. The fourth-order valence-corrected chi connectivity index (χ4v) is 3.61. The highest BCUT2D eigenvalue weighted by Gasteiger charge is 2.29. The van der Waals surface area contributed by atoms with E-state index in [1.807, 2.05) is 31.4 Å². The van der Waals surface area contributed by atoms with E-state index < -0.39 is 6.10 Å². The number of aliphatic hydroxyl groups excluding tert-OH is 1. The highest BCUT2D eigenvalue weighted by atomic mass is 32.1. The Morgan fingerprint density at radius 3 is 2.91 bits per heavy atom. The molecule has 2 heterocycles. The molecule has 1 aromatic heterocycles. The lowest BCUT2D eigenvalue weighted by Gasteiger charge is -2.32. The van der Waals surface area contributed by atoms with Gasteiger partial charge in [-0.3, -0.25) is 9.59 Å². The van der Waals surface area contributed by atoms with Crippen LogP contribution < -0.4 is 5.32 Å². The Labute approximate surface area is 141 Å². The summed E-state index contributed by atoms with van der Waals surface area (Å²) in [6.45, 7) is 5.53. The van der Waals surface area contributed by atoms with Crippen LogP contribution in [0.3, 0.4) is 0 Å². The van der Waals surface area contributed by atoms with Crippen molar-refractivity contribution in [2.75, 3.05) is 19.6 Å². The molecule has 23 heavy (non-hydrogen) atoms. The first-order chi connectivity index (χ1) is 11.0. The summed E-state index contributed by atoms with van der Waals surface area (Å²) in [6, 6.07) is 3.68. The van der Waals surface area contributed by atoms with Crippen LogP contribution in [0.5, 0.6) is 0 Å². The van der Waals surface area contributed by atoms with E-state index in [2.05, 4.69) is 5.32 Å². The molecule has 0 aromatic carbocycles. The highest BCUT2D eigenvalue weighted by Crippen LogP contribution is 2.20. The second-order valence-corrected chi connectivity index (χ2v) is 7.54. The third-order valence-corrected chi connectivity index (χ3v) is 4.92. The minimum atomic E-state index is -0.508. The molecule has 2 N–H and O–H groups in total. The summed E-state index contributed by atoms with van der Waals surface area (Å²) >= 11 is 1.43. The zero-order valence-electron chi connectivity index (χ0n) is 13.8. The van der Waals surface area contributed by atoms with Crippen LogP contribution >= 0.6 is 11.3 Å². The average Bonchev–Trinajstić information content (AvgIpc) is 3.05. The smallest absolute Gasteiger partial charge is 0.263 e. The van der Waals surface area contributed by atoms with Crippen molar-refractivity contribution in [1.82, 2.24) is 10.2 Å². The Bertz CT molecular complexity index is 516. The summed E-state index contributed by atoms with van der Waals surface area (Å²) in [7, 11) is 0. The number of hydrogen-bond acceptors (Lipinski definition) is 4. The van der Waals surface area contributed by atoms with Crippen LogP contribution in [0, 0.1) is 11.8 Å². The Balaban J connectivity index is 1.83. The van der Waals surface area contributed by atoms with Crippen LogP contribution in [-0.4, -0.2) is 47.6 Å². The van der Waals surface area contributed by atoms with E-state index >= 15 is 0 Å². The van der Waals surface area contributed by atoms with Gasteiger partial charge in [0.05, 0.1) is 16.9 Å². The number of piperidine rings is 1. The number of nitrogens with one attached hydrogen (secondary N) is 1. The van der Waals surface area contributed by atoms with Crippen molar-refractivity contribution in [3.05, 3.63) is 22.4 Å². The zero-order chi connectivity index (χ0) is 16.8. The molecule has 0 radical (unpaired) electrons. The molecule has 6 heteroatoms. The minimum Gasteiger partial charge on any atom is -0.391 e. The molecule has 2 atom stereocenters. The maximum atomic E-state index is 12.4. The molecular weight excluding hydrogens is 312 g/mol. The van der Waals surface area contributed by atoms with Crippen LogP contribution in [0.15, 0.2) is 17.5 Å². The van der Waals surface area contributed by atoms with Gasteiger partial charge in [0.1, 0.15) is 0 Å². The van der Waals surface area contributed by atoms with Crippen LogP contribution in [0.4, 0.5) is 0 Å². The molecule has 0 aliphatic carbocycles. The Hall–Kier alpha value is -1.40. The molecule has 2 amide bonds. The molecule has 128 valence electrons. The number of hydrogen-bond donors (Lipinski definition) is 2. The van der Waals surface area contributed by atoms with Gasteiger partial charge in [-0.2, -0.15) is 0 Å². The van der Waals surface area contributed by atoms with Crippen LogP contribution in [-0.2, 0) is 4.79 Å². The lowest BCUT2D eigenvalue weighted by molar-refractivity contribution is -0.126. The van der Waals surface area contributed by atoms with Crippen molar-refractivity contribution in [2.24, 2.45) is 11.8 Å². The predicted molar refractivity (Wildman–Crippen MR) is 91.4 cm³/mol. The van der Waals surface area contributed by atoms with Crippen molar-refractivity contribution in [3.8, 4) is 0 Å². The predicted octanol–water partition coefficient (Wildman–Crippen LogP) is 2.12. The Morgan fingerprint density at radius 1 is 1.48 bits per heavy atom. The second kappa shape index (κ2) is 8.45. The molecule has 0 saturated carbocycles. The topological polar surface area (TPSA) is 69.6 Å². The van der Waals surface area contributed by atoms with Gasteiger partial charge >= 0.3 is 0 Å². The first-order valence-corrected chi connectivity index (χ1v) is 9.14. The van der Waals surface area contributed by atoms with E-state index in [1.165, 1.54) is 11.3 Å². The van der Waals surface area contributed by atoms with Gasteiger partial charge in [0.25, 0.3) is 5.91 Å². The van der Waals surface area contributed by atoms with E-state index in [0.29, 0.717) is 25.4 Å². The van der Waals surface area contributed by atoms with Gasteiger partial charge in [-0.25, -0.2) is 0 Å². The molecule has 2 rings (SSSR count). The van der Waals surface area contributed by atoms with Gasteiger partial charge < -0.3 is 15.3 Å². The van der Waals surface area contributed by atoms with E-state index in [9.17, 15) is 14.7 Å². The van der Waals surface area contributed by atoms with Crippen molar-refractivity contribution < 1.29 is 14.7 Å². The number of likely N-dealkylation sites (tertiary alicyclic amines) is 1. The number of rotatable bonds is 6. The third-order valence-electron chi connectivity index (χ3n) is 4.07. The number of thiophene rings is 1. The van der Waals surface area contributed by atoms with E-state index in [4.69, 9.17) is 0 Å². The van der Waals surface area contributed by atoms with Gasteiger partial charge in [0, 0.05) is 19.6 Å². The molecule has 1 aromatic rings. The molecule has 0 spiro atoms. The number of carbonyl (C=O) groups excluding carboxylic acids is 2. The molecule has 5 nitrogen and oxygen atoms in total. The van der Waals surface area contributed by atoms with Crippen molar-refractivity contribution in [1.29, 1.82) is 0 Å². The molecule has 2 unspecified atom stereocenters. The highest BCUT2D eigenvalue weighted by molar-refractivity contribution is 7.12. The minimum absolute atomic E-state index is 0.0114. The second-order valence-electron chi connectivity index (χ2n) is 6.60. The maximum Gasteiger partial charge on any atom is 0.263 e. The Morgan fingerprint density at radius 2 is 2.26 bits per heavy atom. The van der Waals surface area contributed by atoms with Gasteiger partial charge in [-0.05, 0) is 36.6 Å². The lowest BCUT2D eigenvalue weighted by atomic mass is 9.96. The first kappa shape index (κ1) is 17.9. The van der Waals surface area contributed by atoms with Crippen LogP contribution in [0.25, 0.3) is 0 Å². The Kier molecular flexibility index (Phi) is 6.59. The number of nitrogens with zero attached hydrogens (tertiary/aromatic N) is 1. The largest absolute Gasteiger partial charge is 0.391 e. The summed E-state index contributed by atoms with van der Waals surface area (Å²) in [6.07, 6.45) is 1.80. The van der Waals surface area contributed by atoms with Gasteiger partial charge in [0.2, 0.25) is 5.91 Å². The summed E-state index contributed by atoms with van der Waals surface area (Å²) in [5.74, 6) is 0.170. The normalized spacial score (nSPS) is 19.7. The molecule has 1 aliphatic heterocycles. The standard InChI is InChI=1S/C17H26N2O3S/c1-12(2)9-14(20)10-18-16(21)13-5-3-7-19(11-13)17(22)15-6-4-8-23-15/h4,6,8,12-14,20H,3,5,7,9-11H2,1-2H3,(H,18,21).